The summed E-state index contributed by atoms with van der Waals surface area (Å²) in [4.78, 5) is 37.5. The zero-order valence-electron chi connectivity index (χ0n) is 49.9. The Balaban J connectivity index is 4.44. The second-order valence-corrected chi connectivity index (χ2v) is 20.2. The summed E-state index contributed by atoms with van der Waals surface area (Å²) in [5.74, 6) is -2.14. The fraction of sp³-hybridized carbons (Fsp3) is 0.529. The van der Waals surface area contributed by atoms with Gasteiger partial charge in [-0.3, -0.25) is 9.59 Å². The van der Waals surface area contributed by atoms with Gasteiger partial charge < -0.3 is 28.5 Å². The predicted octanol–water partition coefficient (Wildman–Crippen LogP) is 18.1. The molecule has 0 amide bonds. The topological polar surface area (TPSA) is 108 Å². The van der Waals surface area contributed by atoms with Gasteiger partial charge in [-0.05, 0) is 128 Å². The van der Waals surface area contributed by atoms with Crippen LogP contribution in [0.2, 0.25) is 0 Å². The number of unbranched alkanes of at least 4 members (excludes halogenated alkanes) is 7. The van der Waals surface area contributed by atoms with Crippen molar-refractivity contribution in [2.24, 2.45) is 0 Å². The summed E-state index contributed by atoms with van der Waals surface area (Å²) in [6.45, 7) is 4.52. The summed E-state index contributed by atoms with van der Waals surface area (Å²) in [5, 5.41) is 9.71. The normalized spacial score (nSPS) is 14.1. The quantitative estimate of drug-likeness (QED) is 0.0211. The first kappa shape index (κ1) is 73.4. The number of rotatable bonds is 52. The lowest BCUT2D eigenvalue weighted by Gasteiger charge is -2.25. The highest BCUT2D eigenvalue weighted by molar-refractivity contribution is 5.71. The summed E-state index contributed by atoms with van der Waals surface area (Å²) >= 11 is 0. The van der Waals surface area contributed by atoms with E-state index >= 15 is 0 Å². The van der Waals surface area contributed by atoms with Crippen LogP contribution in [0.25, 0.3) is 0 Å². The maximum Gasteiger partial charge on any atom is 0.361 e. The van der Waals surface area contributed by atoms with Crippen molar-refractivity contribution in [1.29, 1.82) is 0 Å². The van der Waals surface area contributed by atoms with Gasteiger partial charge in [0, 0.05) is 12.8 Å². The van der Waals surface area contributed by atoms with Gasteiger partial charge in [-0.15, -0.1) is 0 Å². The Kier molecular flexibility index (Phi) is 54.4. The number of allylic oxidation sites excluding steroid dienone is 30. The van der Waals surface area contributed by atoms with Gasteiger partial charge in [-0.25, -0.2) is 4.79 Å². The second-order valence-electron chi connectivity index (χ2n) is 20.2. The highest BCUT2D eigenvalue weighted by Gasteiger charge is 2.25. The van der Waals surface area contributed by atoms with E-state index in [1.165, 1.54) is 0 Å². The molecule has 2 unspecified atom stereocenters. The maximum atomic E-state index is 12.9. The molecule has 0 heterocycles. The van der Waals surface area contributed by atoms with Crippen LogP contribution in [0.4, 0.5) is 0 Å². The van der Waals surface area contributed by atoms with Gasteiger partial charge in [0.25, 0.3) is 6.29 Å². The highest BCUT2D eigenvalue weighted by Crippen LogP contribution is 2.12. The van der Waals surface area contributed by atoms with Crippen LogP contribution in [0.1, 0.15) is 181 Å². The average Bonchev–Trinajstić information content (AvgIpc) is 3.42. The number of ether oxygens (including phenoxy) is 4. The van der Waals surface area contributed by atoms with Crippen molar-refractivity contribution in [1.82, 2.24) is 0 Å². The minimum Gasteiger partial charge on any atom is -0.477 e. The molecule has 440 valence electrons. The molecule has 0 aromatic carbocycles. The number of carbonyl (C=O) groups is 3. The summed E-state index contributed by atoms with van der Waals surface area (Å²) in [5.41, 5.74) is 0. The van der Waals surface area contributed by atoms with Gasteiger partial charge in [0.05, 0.1) is 34.4 Å². The van der Waals surface area contributed by atoms with E-state index in [1.807, 2.05) is 21.1 Å². The number of aliphatic carboxylic acids is 1. The number of likely N-dealkylation sites (N-methyl/N-ethyl adjacent to an activating group) is 1. The van der Waals surface area contributed by atoms with Crippen molar-refractivity contribution in [2.75, 3.05) is 47.5 Å². The molecule has 2 atom stereocenters. The third-order valence-corrected chi connectivity index (χ3v) is 11.7. The Hall–Kier alpha value is -5.61. The molecule has 9 nitrogen and oxygen atoms in total. The Labute approximate surface area is 481 Å². The SMILES string of the molecule is CC/C=C\C/C=C\C/C=C\C/C=C\C/C=C\C/C=C\C/C=C\C/C=C\C/C=C\CCCC(=O)OC(COC(=O)CCCCCCCC/C=C\C/C=C\C/C=C\C/C=C\C/C=C\C/C=C\CC)COC(OCC[N+](C)(C)C)C(=O)O. The van der Waals surface area contributed by atoms with Crippen LogP contribution in [-0.4, -0.2) is 87.4 Å². The molecule has 9 heteroatoms. The lowest BCUT2D eigenvalue weighted by molar-refractivity contribution is -0.870. The lowest BCUT2D eigenvalue weighted by atomic mass is 10.1. The number of carbonyl (C=O) groups excluding carboxylic acids is 2. The molecule has 1 N–H and O–H groups in total. The number of carboxylic acid groups (broad SMARTS) is 1. The molecule has 0 saturated carbocycles. The zero-order valence-corrected chi connectivity index (χ0v) is 49.9. The lowest BCUT2D eigenvalue weighted by Crippen LogP contribution is -2.40. The van der Waals surface area contributed by atoms with E-state index in [-0.39, 0.29) is 38.6 Å². The van der Waals surface area contributed by atoms with Gasteiger partial charge in [-0.1, -0.05) is 222 Å². The summed E-state index contributed by atoms with van der Waals surface area (Å²) in [6, 6.07) is 0. The first-order valence-electron chi connectivity index (χ1n) is 29.9. The first-order valence-corrected chi connectivity index (χ1v) is 29.9. The van der Waals surface area contributed by atoms with E-state index in [9.17, 15) is 19.5 Å². The van der Waals surface area contributed by atoms with Crippen LogP contribution >= 0.6 is 0 Å². The average molecular weight is 1090 g/mol. The minimum absolute atomic E-state index is 0.162. The Morgan fingerprint density at radius 3 is 1.05 bits per heavy atom. The van der Waals surface area contributed by atoms with Crippen LogP contribution in [0.5, 0.6) is 0 Å². The smallest absolute Gasteiger partial charge is 0.361 e. The molecule has 0 aromatic heterocycles. The molecular formula is C70H108NO8+. The van der Waals surface area contributed by atoms with E-state index in [0.717, 1.165) is 135 Å². The summed E-state index contributed by atoms with van der Waals surface area (Å²) in [6.07, 6.45) is 86.9. The van der Waals surface area contributed by atoms with Crippen LogP contribution < -0.4 is 0 Å². The monoisotopic (exact) mass is 1090 g/mol. The van der Waals surface area contributed by atoms with Gasteiger partial charge in [-0.2, -0.15) is 0 Å². The van der Waals surface area contributed by atoms with Crippen molar-refractivity contribution < 1.29 is 42.9 Å². The molecule has 0 fully saturated rings. The summed E-state index contributed by atoms with van der Waals surface area (Å²) in [7, 11) is 5.93. The molecule has 0 spiro atoms. The van der Waals surface area contributed by atoms with Gasteiger partial charge >= 0.3 is 17.9 Å². The molecule has 0 aliphatic heterocycles. The van der Waals surface area contributed by atoms with Gasteiger partial charge in [0.1, 0.15) is 13.2 Å². The van der Waals surface area contributed by atoms with Crippen LogP contribution in [-0.2, 0) is 33.3 Å². The third-order valence-electron chi connectivity index (χ3n) is 11.7. The molecule has 79 heavy (non-hydrogen) atoms. The van der Waals surface area contributed by atoms with Crippen molar-refractivity contribution in [3.63, 3.8) is 0 Å². The Bertz CT molecular complexity index is 1940. The van der Waals surface area contributed by atoms with E-state index in [0.29, 0.717) is 30.3 Å². The molecule has 0 saturated heterocycles. The van der Waals surface area contributed by atoms with E-state index in [4.69, 9.17) is 18.9 Å². The Morgan fingerprint density at radius 1 is 0.380 bits per heavy atom. The van der Waals surface area contributed by atoms with Crippen LogP contribution in [0, 0.1) is 0 Å². The fourth-order valence-corrected chi connectivity index (χ4v) is 7.13. The number of nitrogens with zero attached hydrogens (tertiary/aromatic N) is 1. The number of hydrogen-bond acceptors (Lipinski definition) is 7. The van der Waals surface area contributed by atoms with E-state index < -0.39 is 24.3 Å². The van der Waals surface area contributed by atoms with Crippen molar-refractivity contribution in [3.8, 4) is 0 Å². The maximum absolute atomic E-state index is 12.9. The number of quaternary nitrogens is 1. The van der Waals surface area contributed by atoms with E-state index in [2.05, 4.69) is 196 Å². The minimum atomic E-state index is -1.54. The predicted molar refractivity (Wildman–Crippen MR) is 336 cm³/mol. The third kappa shape index (κ3) is 59.9. The van der Waals surface area contributed by atoms with Crippen molar-refractivity contribution in [3.05, 3.63) is 182 Å². The van der Waals surface area contributed by atoms with Crippen LogP contribution in [0.15, 0.2) is 182 Å². The molecule has 0 aliphatic carbocycles. The molecular weight excluding hydrogens is 983 g/mol. The first-order chi connectivity index (χ1) is 38.6. The summed E-state index contributed by atoms with van der Waals surface area (Å²) < 4.78 is 22.8. The van der Waals surface area contributed by atoms with E-state index in [1.54, 1.807) is 0 Å². The Morgan fingerprint density at radius 2 is 0.696 bits per heavy atom. The standard InChI is InChI=1S/C70H107NO8/c1-6-8-10-12-14-16-18-20-22-24-26-28-30-32-33-34-35-37-39-41-43-45-47-49-51-53-55-57-59-61-68(73)79-66(65-78-70(69(74)75)76-63-62-71(3,4)5)64-77-67(72)60-58-56-54-52-50-48-46-44-42-40-38-36-31-29-27-25-23-21-19-17-15-13-11-9-7-2/h8-11,14-17,20-23,26-29,32-33,35-38,41-44,47,49,53,55,66,70H,6-7,12-13,18-19,24-25,30-31,34,39-40,45-46,48,50-52,54,56-65H2,1-5H3/p+1/b10-8-,11-9-,16-14-,17-15-,22-20-,23-21-,28-26-,29-27-,33-32-,37-35-,38-36-,43-41-,44-42-,49-47-,55-53-. The van der Waals surface area contributed by atoms with Crippen molar-refractivity contribution in [2.45, 2.75) is 193 Å². The largest absolute Gasteiger partial charge is 0.477 e. The zero-order chi connectivity index (χ0) is 57.6. The van der Waals surface area contributed by atoms with Gasteiger partial charge in [0.2, 0.25) is 0 Å². The molecule has 0 rings (SSSR count). The van der Waals surface area contributed by atoms with Crippen molar-refractivity contribution >= 4 is 17.9 Å². The second kappa shape index (κ2) is 58.5. The molecule has 0 radical (unpaired) electrons. The number of esters is 2. The fourth-order valence-electron chi connectivity index (χ4n) is 7.13. The van der Waals surface area contributed by atoms with Crippen LogP contribution in [0.3, 0.4) is 0 Å². The number of carboxylic acids is 1. The molecule has 0 aromatic rings. The number of hydrogen-bond donors (Lipinski definition) is 1. The highest BCUT2D eigenvalue weighted by atomic mass is 16.7. The molecule has 0 aliphatic rings. The molecule has 0 bridgehead atoms. The van der Waals surface area contributed by atoms with Gasteiger partial charge in [0.15, 0.2) is 6.10 Å².